The van der Waals surface area contributed by atoms with E-state index in [1.807, 2.05) is 11.0 Å². The van der Waals surface area contributed by atoms with E-state index in [-0.39, 0.29) is 11.5 Å². The van der Waals surface area contributed by atoms with Gasteiger partial charge in [-0.3, -0.25) is 9.59 Å². The molecular formula is C16H19N5O2. The van der Waals surface area contributed by atoms with Crippen molar-refractivity contribution in [2.75, 3.05) is 37.2 Å². The van der Waals surface area contributed by atoms with E-state index in [1.54, 1.807) is 35.4 Å². The monoisotopic (exact) mass is 313 g/mol. The summed E-state index contributed by atoms with van der Waals surface area (Å²) in [7, 11) is 0. The van der Waals surface area contributed by atoms with E-state index >= 15 is 0 Å². The molecule has 1 saturated heterocycles. The van der Waals surface area contributed by atoms with Gasteiger partial charge in [0.15, 0.2) is 0 Å². The van der Waals surface area contributed by atoms with Crippen LogP contribution in [0.1, 0.15) is 6.92 Å². The van der Waals surface area contributed by atoms with Crippen molar-refractivity contribution in [3.63, 3.8) is 0 Å². The minimum atomic E-state index is -0.466. The summed E-state index contributed by atoms with van der Waals surface area (Å²) >= 11 is 0. The first-order valence-electron chi connectivity index (χ1n) is 7.28. The highest BCUT2D eigenvalue weighted by Gasteiger charge is 2.18. The fourth-order valence-corrected chi connectivity index (χ4v) is 2.25. The van der Waals surface area contributed by atoms with Crippen LogP contribution in [0.2, 0.25) is 0 Å². The van der Waals surface area contributed by atoms with Crippen LogP contribution in [-0.4, -0.2) is 47.8 Å². The van der Waals surface area contributed by atoms with E-state index in [9.17, 15) is 14.9 Å². The standard InChI is InChI=1S/C16H19N5O2/c1-12(22)21-8-6-20(7-9-21)11-13(10-17)16(23)19-15-4-2-14(18)3-5-15/h2-5,11H,6-9,18H2,1H3,(H,19,23)/b13-11-. The Balaban J connectivity index is 1.99. The molecule has 0 spiro atoms. The Morgan fingerprint density at radius 1 is 1.22 bits per heavy atom. The molecule has 2 amide bonds. The molecule has 1 aliphatic rings. The number of rotatable bonds is 3. The van der Waals surface area contributed by atoms with Crippen LogP contribution in [0.25, 0.3) is 0 Å². The van der Waals surface area contributed by atoms with Crippen molar-refractivity contribution in [1.82, 2.24) is 9.80 Å². The largest absolute Gasteiger partial charge is 0.399 e. The third-order valence-electron chi connectivity index (χ3n) is 3.60. The molecule has 0 bridgehead atoms. The molecule has 7 heteroatoms. The lowest BCUT2D eigenvalue weighted by atomic mass is 10.2. The van der Waals surface area contributed by atoms with Gasteiger partial charge in [0.25, 0.3) is 5.91 Å². The lowest BCUT2D eigenvalue weighted by Crippen LogP contribution is -2.46. The molecule has 1 aliphatic heterocycles. The Kier molecular flexibility index (Phi) is 5.20. The number of nitrogens with one attached hydrogen (secondary N) is 1. The van der Waals surface area contributed by atoms with Crippen LogP contribution in [0.4, 0.5) is 11.4 Å². The van der Waals surface area contributed by atoms with E-state index in [1.165, 1.54) is 6.92 Å². The van der Waals surface area contributed by atoms with Crippen LogP contribution < -0.4 is 11.1 Å². The molecule has 0 aliphatic carbocycles. The quantitative estimate of drug-likeness (QED) is 0.488. The summed E-state index contributed by atoms with van der Waals surface area (Å²) < 4.78 is 0. The molecule has 0 radical (unpaired) electrons. The first-order valence-corrected chi connectivity index (χ1v) is 7.28. The van der Waals surface area contributed by atoms with Gasteiger partial charge in [0.2, 0.25) is 5.91 Å². The highest BCUT2D eigenvalue weighted by molar-refractivity contribution is 6.06. The molecule has 0 atom stereocenters. The maximum absolute atomic E-state index is 12.2. The minimum Gasteiger partial charge on any atom is -0.399 e. The smallest absolute Gasteiger partial charge is 0.267 e. The molecule has 0 saturated carbocycles. The normalized spacial score (nSPS) is 15.0. The number of amides is 2. The number of hydrogen-bond acceptors (Lipinski definition) is 5. The van der Waals surface area contributed by atoms with Crippen molar-refractivity contribution >= 4 is 23.2 Å². The zero-order valence-electron chi connectivity index (χ0n) is 13.0. The number of nitrogen functional groups attached to an aromatic ring is 1. The molecule has 7 nitrogen and oxygen atoms in total. The number of piperazine rings is 1. The summed E-state index contributed by atoms with van der Waals surface area (Å²) in [6.45, 7) is 3.90. The second kappa shape index (κ2) is 7.31. The molecule has 120 valence electrons. The molecule has 0 aromatic heterocycles. The number of nitrogens with two attached hydrogens (primary N) is 1. The van der Waals surface area contributed by atoms with E-state index in [2.05, 4.69) is 5.32 Å². The summed E-state index contributed by atoms with van der Waals surface area (Å²) in [6, 6.07) is 8.61. The van der Waals surface area contributed by atoms with Crippen molar-refractivity contribution in [1.29, 1.82) is 5.26 Å². The van der Waals surface area contributed by atoms with Gasteiger partial charge >= 0.3 is 0 Å². The lowest BCUT2D eigenvalue weighted by molar-refractivity contribution is -0.130. The van der Waals surface area contributed by atoms with Crippen molar-refractivity contribution in [2.24, 2.45) is 0 Å². The van der Waals surface area contributed by atoms with Gasteiger partial charge in [0.05, 0.1) is 0 Å². The number of nitriles is 1. The van der Waals surface area contributed by atoms with Gasteiger partial charge in [-0.05, 0) is 24.3 Å². The van der Waals surface area contributed by atoms with E-state index in [0.717, 1.165) is 0 Å². The van der Waals surface area contributed by atoms with Crippen LogP contribution in [0.3, 0.4) is 0 Å². The third-order valence-corrected chi connectivity index (χ3v) is 3.60. The molecule has 1 aromatic carbocycles. The van der Waals surface area contributed by atoms with Crippen molar-refractivity contribution < 1.29 is 9.59 Å². The number of hydrogen-bond donors (Lipinski definition) is 2. The van der Waals surface area contributed by atoms with Gasteiger partial charge in [-0.1, -0.05) is 0 Å². The second-order valence-corrected chi connectivity index (χ2v) is 5.27. The lowest BCUT2D eigenvalue weighted by Gasteiger charge is -2.33. The average molecular weight is 313 g/mol. The average Bonchev–Trinajstić information content (AvgIpc) is 2.55. The molecular weight excluding hydrogens is 294 g/mol. The highest BCUT2D eigenvalue weighted by atomic mass is 16.2. The van der Waals surface area contributed by atoms with Crippen molar-refractivity contribution in [3.05, 3.63) is 36.0 Å². The number of carbonyl (C=O) groups is 2. The Bertz CT molecular complexity index is 652. The SMILES string of the molecule is CC(=O)N1CCN(/C=C(/C#N)C(=O)Nc2ccc(N)cc2)CC1. The second-order valence-electron chi connectivity index (χ2n) is 5.27. The predicted molar refractivity (Wildman–Crippen MR) is 87.0 cm³/mol. The first-order chi connectivity index (χ1) is 11.0. The zero-order chi connectivity index (χ0) is 16.8. The van der Waals surface area contributed by atoms with Crippen LogP contribution in [-0.2, 0) is 9.59 Å². The summed E-state index contributed by atoms with van der Waals surface area (Å²) in [4.78, 5) is 27.1. The summed E-state index contributed by atoms with van der Waals surface area (Å²) in [5, 5.41) is 11.9. The first kappa shape index (κ1) is 16.4. The molecule has 23 heavy (non-hydrogen) atoms. The van der Waals surface area contributed by atoms with Crippen LogP contribution in [0, 0.1) is 11.3 Å². The van der Waals surface area contributed by atoms with Gasteiger partial charge in [-0.2, -0.15) is 5.26 Å². The van der Waals surface area contributed by atoms with Crippen molar-refractivity contribution in [2.45, 2.75) is 6.92 Å². The van der Waals surface area contributed by atoms with E-state index in [4.69, 9.17) is 5.73 Å². The Labute approximate surface area is 135 Å². The molecule has 1 aromatic rings. The maximum atomic E-state index is 12.2. The van der Waals surface area contributed by atoms with Crippen LogP contribution >= 0.6 is 0 Å². The zero-order valence-corrected chi connectivity index (χ0v) is 13.0. The van der Waals surface area contributed by atoms with Gasteiger partial charge in [-0.15, -0.1) is 0 Å². The third kappa shape index (κ3) is 4.48. The summed E-state index contributed by atoms with van der Waals surface area (Å²) in [5.41, 5.74) is 6.79. The Morgan fingerprint density at radius 2 is 1.83 bits per heavy atom. The number of anilines is 2. The van der Waals surface area contributed by atoms with Crippen LogP contribution in [0.15, 0.2) is 36.0 Å². The number of benzene rings is 1. The topological polar surface area (TPSA) is 102 Å². The minimum absolute atomic E-state index is 0.0260. The van der Waals surface area contributed by atoms with Crippen molar-refractivity contribution in [3.8, 4) is 6.07 Å². The van der Waals surface area contributed by atoms with E-state index < -0.39 is 5.91 Å². The fourth-order valence-electron chi connectivity index (χ4n) is 2.25. The number of carbonyl (C=O) groups excluding carboxylic acids is 2. The molecule has 2 rings (SSSR count). The van der Waals surface area contributed by atoms with Gasteiger partial charge in [-0.25, -0.2) is 0 Å². The maximum Gasteiger partial charge on any atom is 0.267 e. The van der Waals surface area contributed by atoms with Crippen LogP contribution in [0.5, 0.6) is 0 Å². The van der Waals surface area contributed by atoms with Gasteiger partial charge in [0.1, 0.15) is 11.6 Å². The Hall–Kier alpha value is -3.01. The van der Waals surface area contributed by atoms with E-state index in [0.29, 0.717) is 37.6 Å². The molecule has 3 N–H and O–H groups in total. The van der Waals surface area contributed by atoms with Gasteiger partial charge < -0.3 is 20.9 Å². The predicted octanol–water partition coefficient (Wildman–Crippen LogP) is 0.779. The Morgan fingerprint density at radius 3 is 2.35 bits per heavy atom. The summed E-state index contributed by atoms with van der Waals surface area (Å²) in [6.07, 6.45) is 1.55. The number of nitrogens with zero attached hydrogens (tertiary/aromatic N) is 3. The molecule has 0 unspecified atom stereocenters. The highest BCUT2D eigenvalue weighted by Crippen LogP contribution is 2.12. The summed E-state index contributed by atoms with van der Waals surface area (Å²) in [5.74, 6) is -0.429. The fraction of sp³-hybridized carbons (Fsp3) is 0.312. The van der Waals surface area contributed by atoms with Gasteiger partial charge in [0, 0.05) is 50.7 Å². The molecule has 1 heterocycles. The molecule has 1 fully saturated rings.